The highest BCUT2D eigenvalue weighted by molar-refractivity contribution is 5.36. The van der Waals surface area contributed by atoms with E-state index in [2.05, 4.69) is 28.9 Å². The Labute approximate surface area is 132 Å². The number of nitrogens with one attached hydrogen (secondary N) is 1. The lowest BCUT2D eigenvalue weighted by molar-refractivity contribution is 0.203. The Hall–Kier alpha value is -2.10. The Morgan fingerprint density at radius 1 is 1.00 bits per heavy atom. The molecule has 114 valence electrons. The summed E-state index contributed by atoms with van der Waals surface area (Å²) in [7, 11) is 0. The molecule has 1 aliphatic rings. The van der Waals surface area contributed by atoms with Gasteiger partial charge in [0.2, 0.25) is 0 Å². The number of hydrogen-bond donors (Lipinski definition) is 1. The summed E-state index contributed by atoms with van der Waals surface area (Å²) < 4.78 is 5.94. The van der Waals surface area contributed by atoms with Gasteiger partial charge in [-0.05, 0) is 29.8 Å². The summed E-state index contributed by atoms with van der Waals surface area (Å²) in [5.41, 5.74) is 1.23. The van der Waals surface area contributed by atoms with E-state index in [0.29, 0.717) is 0 Å². The van der Waals surface area contributed by atoms with E-state index >= 15 is 0 Å². The Morgan fingerprint density at radius 2 is 1.73 bits per heavy atom. The molecular weight excluding hydrogens is 272 g/mol. The lowest BCUT2D eigenvalue weighted by atomic mass is 10.0. The van der Waals surface area contributed by atoms with Gasteiger partial charge >= 0.3 is 0 Å². The topological polar surface area (TPSA) is 24.5 Å². The largest absolute Gasteiger partial charge is 0.457 e. The second-order valence-electron chi connectivity index (χ2n) is 5.45. The van der Waals surface area contributed by atoms with Crippen molar-refractivity contribution in [3.63, 3.8) is 0 Å². The maximum absolute atomic E-state index is 5.94. The average molecular weight is 294 g/mol. The van der Waals surface area contributed by atoms with Crippen LogP contribution in [-0.4, -0.2) is 31.1 Å². The zero-order chi connectivity index (χ0) is 15.2. The minimum absolute atomic E-state index is 0.237. The molecule has 0 spiro atoms. The van der Waals surface area contributed by atoms with Crippen LogP contribution in [0.1, 0.15) is 11.6 Å². The van der Waals surface area contributed by atoms with E-state index in [-0.39, 0.29) is 6.04 Å². The van der Waals surface area contributed by atoms with Gasteiger partial charge in [0, 0.05) is 26.2 Å². The highest BCUT2D eigenvalue weighted by Crippen LogP contribution is 2.28. The van der Waals surface area contributed by atoms with Crippen LogP contribution in [0.5, 0.6) is 11.5 Å². The van der Waals surface area contributed by atoms with Crippen molar-refractivity contribution in [3.05, 3.63) is 72.8 Å². The average Bonchev–Trinajstić information content (AvgIpc) is 2.58. The van der Waals surface area contributed by atoms with Crippen LogP contribution in [0.4, 0.5) is 0 Å². The molecule has 0 bridgehead atoms. The number of ether oxygens (including phenoxy) is 1. The van der Waals surface area contributed by atoms with Crippen LogP contribution in [0, 0.1) is 0 Å². The number of piperazine rings is 1. The summed E-state index contributed by atoms with van der Waals surface area (Å²) in [5.74, 6) is 1.72. The minimum Gasteiger partial charge on any atom is -0.457 e. The van der Waals surface area contributed by atoms with E-state index < -0.39 is 0 Å². The summed E-state index contributed by atoms with van der Waals surface area (Å²) in [4.78, 5) is 2.45. The molecule has 1 fully saturated rings. The number of rotatable bonds is 5. The van der Waals surface area contributed by atoms with Gasteiger partial charge < -0.3 is 10.1 Å². The second kappa shape index (κ2) is 7.25. The van der Waals surface area contributed by atoms with Gasteiger partial charge in [0.05, 0.1) is 6.04 Å². The SMILES string of the molecule is C=C[C@H](c1cccc(Oc2ccccc2)c1)N1CCNCC1. The molecule has 0 unspecified atom stereocenters. The maximum Gasteiger partial charge on any atom is 0.127 e. The maximum atomic E-state index is 5.94. The molecule has 2 aromatic rings. The summed E-state index contributed by atoms with van der Waals surface area (Å²) in [6.45, 7) is 8.17. The predicted molar refractivity (Wildman–Crippen MR) is 90.3 cm³/mol. The van der Waals surface area contributed by atoms with Crippen LogP contribution in [0.2, 0.25) is 0 Å². The first kappa shape index (κ1) is 14.8. The molecule has 3 heteroatoms. The monoisotopic (exact) mass is 294 g/mol. The number of nitrogens with zero attached hydrogens (tertiary/aromatic N) is 1. The molecule has 1 atom stereocenters. The second-order valence-corrected chi connectivity index (χ2v) is 5.45. The van der Waals surface area contributed by atoms with E-state index in [9.17, 15) is 0 Å². The summed E-state index contributed by atoms with van der Waals surface area (Å²) in [6, 6.07) is 18.4. The quantitative estimate of drug-likeness (QED) is 0.853. The summed E-state index contributed by atoms with van der Waals surface area (Å²) in [5, 5.41) is 3.39. The molecule has 22 heavy (non-hydrogen) atoms. The first-order valence-corrected chi connectivity index (χ1v) is 7.77. The molecule has 3 rings (SSSR count). The van der Waals surface area contributed by atoms with E-state index in [1.165, 1.54) is 5.56 Å². The van der Waals surface area contributed by atoms with Gasteiger partial charge in [-0.25, -0.2) is 0 Å². The fourth-order valence-electron chi connectivity index (χ4n) is 2.84. The molecule has 1 saturated heterocycles. The van der Waals surface area contributed by atoms with Crippen molar-refractivity contribution >= 4 is 0 Å². The van der Waals surface area contributed by atoms with Crippen LogP contribution >= 0.6 is 0 Å². The normalized spacial score (nSPS) is 16.9. The first-order chi connectivity index (χ1) is 10.9. The van der Waals surface area contributed by atoms with Crippen molar-refractivity contribution in [2.75, 3.05) is 26.2 Å². The van der Waals surface area contributed by atoms with Crippen LogP contribution < -0.4 is 10.1 Å². The van der Waals surface area contributed by atoms with E-state index in [1.807, 2.05) is 48.5 Å². The van der Waals surface area contributed by atoms with Crippen molar-refractivity contribution in [2.45, 2.75) is 6.04 Å². The Balaban J connectivity index is 1.78. The van der Waals surface area contributed by atoms with Gasteiger partial charge in [0.25, 0.3) is 0 Å². The first-order valence-electron chi connectivity index (χ1n) is 7.77. The molecule has 0 amide bonds. The molecule has 1 N–H and O–H groups in total. The third kappa shape index (κ3) is 3.56. The molecule has 0 radical (unpaired) electrons. The van der Waals surface area contributed by atoms with E-state index in [4.69, 9.17) is 4.74 Å². The third-order valence-corrected chi connectivity index (χ3v) is 3.95. The minimum atomic E-state index is 0.237. The van der Waals surface area contributed by atoms with Crippen LogP contribution in [0.15, 0.2) is 67.3 Å². The van der Waals surface area contributed by atoms with Crippen molar-refractivity contribution in [1.29, 1.82) is 0 Å². The fraction of sp³-hybridized carbons (Fsp3) is 0.263. The van der Waals surface area contributed by atoms with Crippen LogP contribution in [0.25, 0.3) is 0 Å². The number of hydrogen-bond acceptors (Lipinski definition) is 3. The molecule has 1 heterocycles. The van der Waals surface area contributed by atoms with Gasteiger partial charge in [-0.3, -0.25) is 4.90 Å². The lowest BCUT2D eigenvalue weighted by Crippen LogP contribution is -2.44. The predicted octanol–water partition coefficient (Wildman–Crippen LogP) is 3.61. The zero-order valence-electron chi connectivity index (χ0n) is 12.7. The third-order valence-electron chi connectivity index (χ3n) is 3.95. The van der Waals surface area contributed by atoms with Gasteiger partial charge in [-0.2, -0.15) is 0 Å². The van der Waals surface area contributed by atoms with Crippen LogP contribution in [-0.2, 0) is 0 Å². The van der Waals surface area contributed by atoms with Gasteiger partial charge in [-0.1, -0.05) is 36.4 Å². The van der Waals surface area contributed by atoms with E-state index in [0.717, 1.165) is 37.7 Å². The molecule has 2 aromatic carbocycles. The van der Waals surface area contributed by atoms with Crippen molar-refractivity contribution in [1.82, 2.24) is 10.2 Å². The summed E-state index contributed by atoms with van der Waals surface area (Å²) >= 11 is 0. The standard InChI is InChI=1S/C19H22N2O/c1-2-19(21-13-11-20-12-14-21)16-7-6-10-18(15-16)22-17-8-4-3-5-9-17/h2-10,15,19-20H,1,11-14H2/t19-/m1/s1. The molecular formula is C19H22N2O. The smallest absolute Gasteiger partial charge is 0.127 e. The van der Waals surface area contributed by atoms with Crippen LogP contribution in [0.3, 0.4) is 0 Å². The Morgan fingerprint density at radius 3 is 2.45 bits per heavy atom. The van der Waals surface area contributed by atoms with Gasteiger partial charge in [0.1, 0.15) is 11.5 Å². The molecule has 0 saturated carbocycles. The van der Waals surface area contributed by atoms with Crippen molar-refractivity contribution in [3.8, 4) is 11.5 Å². The lowest BCUT2D eigenvalue weighted by Gasteiger charge is -2.33. The zero-order valence-corrected chi connectivity index (χ0v) is 12.7. The summed E-state index contributed by atoms with van der Waals surface area (Å²) in [6.07, 6.45) is 2.02. The fourth-order valence-corrected chi connectivity index (χ4v) is 2.84. The molecule has 0 aromatic heterocycles. The Bertz CT molecular complexity index is 606. The van der Waals surface area contributed by atoms with Crippen molar-refractivity contribution < 1.29 is 4.74 Å². The number of benzene rings is 2. The van der Waals surface area contributed by atoms with Gasteiger partial charge in [-0.15, -0.1) is 6.58 Å². The molecule has 3 nitrogen and oxygen atoms in total. The Kier molecular flexibility index (Phi) is 4.88. The molecule has 1 aliphatic heterocycles. The molecule has 0 aliphatic carbocycles. The highest BCUT2D eigenvalue weighted by atomic mass is 16.5. The number of para-hydroxylation sites is 1. The van der Waals surface area contributed by atoms with Gasteiger partial charge in [0.15, 0.2) is 0 Å². The van der Waals surface area contributed by atoms with Crippen molar-refractivity contribution in [2.24, 2.45) is 0 Å². The highest BCUT2D eigenvalue weighted by Gasteiger charge is 2.19. The van der Waals surface area contributed by atoms with E-state index in [1.54, 1.807) is 0 Å².